The zero-order valence-electron chi connectivity index (χ0n) is 21.6. The largest absolute Gasteiger partial charge is 0.496 e. The molecule has 0 aliphatic heterocycles. The van der Waals surface area contributed by atoms with Crippen LogP contribution in [-0.4, -0.2) is 52.4 Å². The molecule has 0 spiro atoms. The monoisotopic (exact) mass is 555 g/mol. The van der Waals surface area contributed by atoms with Crippen LogP contribution in [-0.2, 0) is 6.18 Å². The maximum absolute atomic E-state index is 12.5. The van der Waals surface area contributed by atoms with Crippen molar-refractivity contribution in [3.05, 3.63) is 90.4 Å². The van der Waals surface area contributed by atoms with Gasteiger partial charge in [0.25, 0.3) is 0 Å². The number of H-pyrrole nitrogens is 1. The number of anilines is 2. The number of carbonyl (C=O) groups excluding carboxylic acids is 1. The lowest BCUT2D eigenvalue weighted by Gasteiger charge is -2.11. The Morgan fingerprint density at radius 3 is 2.35 bits per heavy atom. The number of pyridine rings is 1. The Morgan fingerprint density at radius 1 is 0.950 bits per heavy atom. The highest BCUT2D eigenvalue weighted by molar-refractivity contribution is 5.90. The van der Waals surface area contributed by atoms with Crippen LogP contribution >= 0.6 is 0 Å². The molecule has 0 atom stereocenters. The molecule has 3 aromatic heterocycles. The van der Waals surface area contributed by atoms with Crippen LogP contribution in [0.2, 0.25) is 0 Å². The van der Waals surface area contributed by atoms with Gasteiger partial charge in [0.2, 0.25) is 0 Å². The molecule has 40 heavy (non-hydrogen) atoms. The number of aromatic nitrogens is 5. The highest BCUT2D eigenvalue weighted by Crippen LogP contribution is 2.36. The highest BCUT2D eigenvalue weighted by atomic mass is 19.4. The van der Waals surface area contributed by atoms with E-state index in [-0.39, 0.29) is 17.1 Å². The lowest BCUT2D eigenvalue weighted by Crippen LogP contribution is -2.08. The molecular formula is C27H25F4N7O2. The number of halogens is 4. The van der Waals surface area contributed by atoms with Gasteiger partial charge in [-0.15, -0.1) is 0 Å². The van der Waals surface area contributed by atoms with Gasteiger partial charge in [0.15, 0.2) is 5.65 Å². The first kappa shape index (κ1) is 29.5. The number of hydrogen-bond donors (Lipinski definition) is 3. The predicted octanol–water partition coefficient (Wildman–Crippen LogP) is 5.85. The van der Waals surface area contributed by atoms with Gasteiger partial charge in [0.1, 0.15) is 41.2 Å². The minimum atomic E-state index is -4.51. The number of ether oxygens (including phenoxy) is 1. The molecule has 3 heterocycles. The van der Waals surface area contributed by atoms with E-state index in [2.05, 4.69) is 40.3 Å². The molecule has 0 unspecified atom stereocenters. The average Bonchev–Trinajstić information content (AvgIpc) is 3.46. The predicted molar refractivity (Wildman–Crippen MR) is 144 cm³/mol. The van der Waals surface area contributed by atoms with Crippen molar-refractivity contribution in [2.24, 2.45) is 0 Å². The van der Waals surface area contributed by atoms with E-state index in [4.69, 9.17) is 0 Å². The maximum atomic E-state index is 12.5. The number of hydrogen-bond acceptors (Lipinski definition) is 8. The summed E-state index contributed by atoms with van der Waals surface area (Å²) in [6.45, 7) is 0. The summed E-state index contributed by atoms with van der Waals surface area (Å²) in [5.41, 5.74) is 2.76. The van der Waals surface area contributed by atoms with Crippen LogP contribution in [0, 0.1) is 5.82 Å². The zero-order valence-corrected chi connectivity index (χ0v) is 21.6. The zero-order chi connectivity index (χ0) is 29.1. The third-order valence-corrected chi connectivity index (χ3v) is 5.33. The summed E-state index contributed by atoms with van der Waals surface area (Å²) in [6, 6.07) is 13.5. The summed E-state index contributed by atoms with van der Waals surface area (Å²) >= 11 is 0. The van der Waals surface area contributed by atoms with Crippen molar-refractivity contribution in [2.75, 3.05) is 31.8 Å². The number of fused-ring (bicyclic) bond motifs is 1. The number of aromatic amines is 1. The van der Waals surface area contributed by atoms with E-state index < -0.39 is 11.7 Å². The molecule has 0 saturated carbocycles. The summed E-state index contributed by atoms with van der Waals surface area (Å²) in [5.74, 6) is 0.283. The van der Waals surface area contributed by atoms with Crippen LogP contribution in [0.15, 0.2) is 73.4 Å². The van der Waals surface area contributed by atoms with E-state index in [1.165, 1.54) is 18.5 Å². The second-order valence-corrected chi connectivity index (χ2v) is 7.78. The Kier molecular flexibility index (Phi) is 10.1. The standard InChI is InChI=1S/C11H10N6.C9H7F3O2.C7H8FN/c1-12-10-7(3-2-4-13-10)8-9-11(16-5-14-8)17-6-15-9;1-14-8-3-2-6(5-13)4-7(8)9(10,11)12;1-9-7-5-3-2-4-6(7)8/h2-6H,1H3,(H,12,13)(H,14,15,16,17);2-5H,1H3;2-5,9H,1H3. The summed E-state index contributed by atoms with van der Waals surface area (Å²) < 4.78 is 54.1. The molecule has 5 aromatic rings. The van der Waals surface area contributed by atoms with E-state index >= 15 is 0 Å². The number of nitrogens with one attached hydrogen (secondary N) is 3. The maximum Gasteiger partial charge on any atom is 0.419 e. The molecule has 0 aliphatic rings. The summed E-state index contributed by atoms with van der Waals surface area (Å²) in [6.07, 6.45) is 0.697. The van der Waals surface area contributed by atoms with Crippen LogP contribution in [0.3, 0.4) is 0 Å². The number of para-hydroxylation sites is 1. The summed E-state index contributed by atoms with van der Waals surface area (Å²) in [5, 5.41) is 5.77. The Balaban J connectivity index is 0.000000174. The van der Waals surface area contributed by atoms with Gasteiger partial charge in [-0.25, -0.2) is 24.3 Å². The molecule has 0 amide bonds. The van der Waals surface area contributed by atoms with Gasteiger partial charge in [0.05, 0.1) is 24.7 Å². The molecule has 208 valence electrons. The van der Waals surface area contributed by atoms with Crippen molar-refractivity contribution in [3.8, 4) is 17.0 Å². The molecule has 0 aliphatic carbocycles. The van der Waals surface area contributed by atoms with Crippen molar-refractivity contribution in [2.45, 2.75) is 6.18 Å². The fourth-order valence-electron chi connectivity index (χ4n) is 3.45. The number of alkyl halides is 3. The number of rotatable bonds is 5. The Hall–Kier alpha value is -5.07. The van der Waals surface area contributed by atoms with E-state index in [1.54, 1.807) is 37.8 Å². The van der Waals surface area contributed by atoms with Crippen LogP contribution in [0.1, 0.15) is 15.9 Å². The Morgan fingerprint density at radius 2 is 1.73 bits per heavy atom. The topological polar surface area (TPSA) is 118 Å². The van der Waals surface area contributed by atoms with Crippen LogP contribution < -0.4 is 15.4 Å². The van der Waals surface area contributed by atoms with E-state index in [0.717, 1.165) is 41.8 Å². The first-order chi connectivity index (χ1) is 19.2. The molecule has 5 rings (SSSR count). The highest BCUT2D eigenvalue weighted by Gasteiger charge is 2.34. The fraction of sp³-hybridized carbons (Fsp3) is 0.148. The second-order valence-electron chi connectivity index (χ2n) is 7.78. The van der Waals surface area contributed by atoms with Gasteiger partial charge in [0, 0.05) is 31.4 Å². The van der Waals surface area contributed by atoms with Gasteiger partial charge in [-0.05, 0) is 42.5 Å². The first-order valence-electron chi connectivity index (χ1n) is 11.6. The number of methoxy groups -OCH3 is 1. The molecule has 13 heteroatoms. The Bertz CT molecular complexity index is 1560. The Labute approximate surface area is 226 Å². The average molecular weight is 556 g/mol. The van der Waals surface area contributed by atoms with Gasteiger partial charge in [-0.3, -0.25) is 4.79 Å². The number of imidazole rings is 1. The van der Waals surface area contributed by atoms with Gasteiger partial charge in [-0.1, -0.05) is 12.1 Å². The number of aldehydes is 1. The van der Waals surface area contributed by atoms with Crippen LogP contribution in [0.5, 0.6) is 5.75 Å². The molecule has 0 saturated heterocycles. The van der Waals surface area contributed by atoms with E-state index in [9.17, 15) is 22.4 Å². The first-order valence-corrected chi connectivity index (χ1v) is 11.6. The fourth-order valence-corrected chi connectivity index (χ4v) is 3.45. The molecular weight excluding hydrogens is 530 g/mol. The second kappa shape index (κ2) is 13.6. The number of carbonyl (C=O) groups is 1. The normalized spacial score (nSPS) is 10.5. The third kappa shape index (κ3) is 7.28. The lowest BCUT2D eigenvalue weighted by atomic mass is 10.1. The van der Waals surface area contributed by atoms with E-state index in [0.29, 0.717) is 17.6 Å². The molecule has 2 aromatic carbocycles. The van der Waals surface area contributed by atoms with Gasteiger partial charge < -0.3 is 20.4 Å². The van der Waals surface area contributed by atoms with Crippen molar-refractivity contribution in [1.82, 2.24) is 24.9 Å². The van der Waals surface area contributed by atoms with Crippen molar-refractivity contribution in [3.63, 3.8) is 0 Å². The quantitative estimate of drug-likeness (QED) is 0.183. The molecule has 0 bridgehead atoms. The van der Waals surface area contributed by atoms with Crippen molar-refractivity contribution >= 4 is 29.0 Å². The smallest absolute Gasteiger partial charge is 0.419 e. The number of benzene rings is 2. The lowest BCUT2D eigenvalue weighted by molar-refractivity contribution is -0.138. The minimum Gasteiger partial charge on any atom is -0.496 e. The third-order valence-electron chi connectivity index (χ3n) is 5.33. The number of nitrogens with zero attached hydrogens (tertiary/aromatic N) is 4. The molecule has 0 radical (unpaired) electrons. The van der Waals surface area contributed by atoms with Crippen LogP contribution in [0.4, 0.5) is 29.1 Å². The molecule has 0 fully saturated rings. The minimum absolute atomic E-state index is 0.0295. The van der Waals surface area contributed by atoms with Crippen LogP contribution in [0.25, 0.3) is 22.4 Å². The van der Waals surface area contributed by atoms with Gasteiger partial charge in [-0.2, -0.15) is 13.2 Å². The summed E-state index contributed by atoms with van der Waals surface area (Å²) in [4.78, 5) is 30.1. The van der Waals surface area contributed by atoms with Crippen molar-refractivity contribution in [1.29, 1.82) is 0 Å². The van der Waals surface area contributed by atoms with Gasteiger partial charge >= 0.3 is 6.18 Å². The molecule has 3 N–H and O–H groups in total. The molecule has 9 nitrogen and oxygen atoms in total. The van der Waals surface area contributed by atoms with E-state index in [1.807, 2.05) is 19.2 Å². The van der Waals surface area contributed by atoms with Crippen molar-refractivity contribution < 1.29 is 27.1 Å². The SMILES string of the molecule is CNc1ccccc1F.CNc1ncccc1-c1ncnc2nc[nH]c12.COc1ccc(C=O)cc1C(F)(F)F. The summed E-state index contributed by atoms with van der Waals surface area (Å²) in [7, 11) is 4.67.